The summed E-state index contributed by atoms with van der Waals surface area (Å²) in [6, 6.07) is 14.1. The Labute approximate surface area is 147 Å². The molecule has 1 heterocycles. The Morgan fingerprint density at radius 3 is 2.64 bits per heavy atom. The normalized spacial score (nSPS) is 11.8. The van der Waals surface area contributed by atoms with E-state index in [-0.39, 0.29) is 6.04 Å². The number of benzene rings is 2. The molecule has 0 fully saturated rings. The third-order valence-corrected chi connectivity index (χ3v) is 4.41. The van der Waals surface area contributed by atoms with Crippen LogP contribution >= 0.6 is 0 Å². The third-order valence-electron chi connectivity index (χ3n) is 4.41. The molecule has 25 heavy (non-hydrogen) atoms. The highest BCUT2D eigenvalue weighted by Crippen LogP contribution is 2.28. The molecule has 5 nitrogen and oxygen atoms in total. The van der Waals surface area contributed by atoms with Gasteiger partial charge < -0.3 is 10.6 Å². The van der Waals surface area contributed by atoms with Crippen molar-refractivity contribution >= 4 is 22.4 Å². The van der Waals surface area contributed by atoms with E-state index >= 15 is 0 Å². The molecule has 0 bridgehead atoms. The highest BCUT2D eigenvalue weighted by Gasteiger charge is 2.14. The van der Waals surface area contributed by atoms with Crippen molar-refractivity contribution in [2.45, 2.75) is 26.8 Å². The molecule has 5 heteroatoms. The molecule has 0 amide bonds. The lowest BCUT2D eigenvalue weighted by Crippen LogP contribution is -2.11. The first-order chi connectivity index (χ1) is 12.0. The molecule has 3 aromatic rings. The molecule has 3 rings (SSSR count). The lowest BCUT2D eigenvalue weighted by Gasteiger charge is -2.19. The average molecular weight is 331 g/mol. The summed E-state index contributed by atoms with van der Waals surface area (Å²) in [5.41, 5.74) is 4.71. The van der Waals surface area contributed by atoms with E-state index in [9.17, 15) is 5.26 Å². The summed E-state index contributed by atoms with van der Waals surface area (Å²) in [7, 11) is 1.89. The molecule has 0 spiro atoms. The van der Waals surface area contributed by atoms with E-state index in [4.69, 9.17) is 0 Å². The topological polar surface area (TPSA) is 73.6 Å². The van der Waals surface area contributed by atoms with Gasteiger partial charge in [-0.3, -0.25) is 0 Å². The standard InChI is InChI=1S/C20H21N5/c1-12-15(11-21)6-5-7-17(12)13(2)23-20-18-10-16(22-4)8-9-19(18)24-14(3)25-20/h5-10,13,22H,1-4H3,(H,23,24,25)/t13-/m1/s1. The first kappa shape index (κ1) is 16.7. The van der Waals surface area contributed by atoms with Crippen molar-refractivity contribution in [2.24, 2.45) is 0 Å². The van der Waals surface area contributed by atoms with E-state index in [2.05, 4.69) is 33.6 Å². The van der Waals surface area contributed by atoms with Crippen LogP contribution < -0.4 is 10.6 Å². The molecule has 0 aliphatic heterocycles. The van der Waals surface area contributed by atoms with Crippen molar-refractivity contribution in [3.63, 3.8) is 0 Å². The van der Waals surface area contributed by atoms with E-state index in [1.54, 1.807) is 0 Å². The van der Waals surface area contributed by atoms with Gasteiger partial charge in [-0.05, 0) is 56.2 Å². The maximum absolute atomic E-state index is 9.25. The Morgan fingerprint density at radius 1 is 1.12 bits per heavy atom. The molecular formula is C20H21N5. The monoisotopic (exact) mass is 331 g/mol. The summed E-state index contributed by atoms with van der Waals surface area (Å²) in [5.74, 6) is 1.52. The van der Waals surface area contributed by atoms with Crippen molar-refractivity contribution in [3.8, 4) is 6.07 Å². The number of anilines is 2. The second kappa shape index (κ2) is 6.78. The summed E-state index contributed by atoms with van der Waals surface area (Å²) >= 11 is 0. The van der Waals surface area contributed by atoms with Crippen molar-refractivity contribution in [3.05, 3.63) is 58.9 Å². The zero-order valence-electron chi connectivity index (χ0n) is 14.9. The number of aromatic nitrogens is 2. The SMILES string of the molecule is CNc1ccc2nc(C)nc(N[C@H](C)c3cccc(C#N)c3C)c2c1. The van der Waals surface area contributed by atoms with Crippen LogP contribution in [0.25, 0.3) is 10.9 Å². The van der Waals surface area contributed by atoms with Gasteiger partial charge in [0.05, 0.1) is 23.2 Å². The molecule has 0 aliphatic carbocycles. The van der Waals surface area contributed by atoms with E-state index < -0.39 is 0 Å². The summed E-state index contributed by atoms with van der Waals surface area (Å²) in [5, 5.41) is 16.9. The number of rotatable bonds is 4. The van der Waals surface area contributed by atoms with Gasteiger partial charge in [-0.15, -0.1) is 0 Å². The first-order valence-corrected chi connectivity index (χ1v) is 8.25. The Balaban J connectivity index is 2.04. The highest BCUT2D eigenvalue weighted by molar-refractivity contribution is 5.91. The Bertz CT molecular complexity index is 972. The maximum Gasteiger partial charge on any atom is 0.138 e. The van der Waals surface area contributed by atoms with E-state index in [0.717, 1.165) is 39.4 Å². The van der Waals surface area contributed by atoms with Gasteiger partial charge in [0.15, 0.2) is 0 Å². The van der Waals surface area contributed by atoms with Gasteiger partial charge >= 0.3 is 0 Å². The minimum Gasteiger partial charge on any atom is -0.388 e. The van der Waals surface area contributed by atoms with Crippen LogP contribution in [0.5, 0.6) is 0 Å². The van der Waals surface area contributed by atoms with Crippen LogP contribution in [0.1, 0.15) is 35.5 Å². The smallest absolute Gasteiger partial charge is 0.138 e. The molecule has 2 N–H and O–H groups in total. The lowest BCUT2D eigenvalue weighted by molar-refractivity contribution is 0.862. The van der Waals surface area contributed by atoms with Crippen molar-refractivity contribution < 1.29 is 0 Å². The predicted molar refractivity (Wildman–Crippen MR) is 102 cm³/mol. The maximum atomic E-state index is 9.25. The number of hydrogen-bond donors (Lipinski definition) is 2. The summed E-state index contributed by atoms with van der Waals surface area (Å²) in [6.45, 7) is 5.95. The summed E-state index contributed by atoms with van der Waals surface area (Å²) < 4.78 is 0. The van der Waals surface area contributed by atoms with Crippen LogP contribution in [-0.4, -0.2) is 17.0 Å². The van der Waals surface area contributed by atoms with Crippen LogP contribution in [0, 0.1) is 25.2 Å². The average Bonchev–Trinajstić information content (AvgIpc) is 2.61. The van der Waals surface area contributed by atoms with Crippen LogP contribution in [0.4, 0.5) is 11.5 Å². The van der Waals surface area contributed by atoms with E-state index in [1.165, 1.54) is 0 Å². The zero-order chi connectivity index (χ0) is 18.0. The molecule has 126 valence electrons. The minimum absolute atomic E-state index is 0.0176. The molecular weight excluding hydrogens is 310 g/mol. The van der Waals surface area contributed by atoms with E-state index in [0.29, 0.717) is 5.56 Å². The molecule has 1 atom stereocenters. The molecule has 2 aromatic carbocycles. The molecule has 0 saturated carbocycles. The fourth-order valence-electron chi connectivity index (χ4n) is 3.04. The minimum atomic E-state index is 0.0176. The number of nitrogens with one attached hydrogen (secondary N) is 2. The molecule has 1 aromatic heterocycles. The lowest BCUT2D eigenvalue weighted by atomic mass is 9.98. The fraction of sp³-hybridized carbons (Fsp3) is 0.250. The van der Waals surface area contributed by atoms with E-state index in [1.807, 2.05) is 57.3 Å². The first-order valence-electron chi connectivity index (χ1n) is 8.25. The van der Waals surface area contributed by atoms with Crippen LogP contribution in [-0.2, 0) is 0 Å². The number of aryl methyl sites for hydroxylation is 1. The van der Waals surface area contributed by atoms with Crippen molar-refractivity contribution in [1.29, 1.82) is 5.26 Å². The molecule has 0 unspecified atom stereocenters. The summed E-state index contributed by atoms with van der Waals surface area (Å²) in [4.78, 5) is 9.11. The molecule has 0 aliphatic rings. The van der Waals surface area contributed by atoms with Gasteiger partial charge in [0.25, 0.3) is 0 Å². The van der Waals surface area contributed by atoms with Gasteiger partial charge in [-0.25, -0.2) is 9.97 Å². The number of hydrogen-bond acceptors (Lipinski definition) is 5. The van der Waals surface area contributed by atoms with Gasteiger partial charge in [0.2, 0.25) is 0 Å². The Kier molecular flexibility index (Phi) is 4.53. The Hall–Kier alpha value is -3.13. The molecule has 0 radical (unpaired) electrons. The number of fused-ring (bicyclic) bond motifs is 1. The highest BCUT2D eigenvalue weighted by atomic mass is 15.0. The van der Waals surface area contributed by atoms with Crippen LogP contribution in [0.2, 0.25) is 0 Å². The van der Waals surface area contributed by atoms with Gasteiger partial charge in [0, 0.05) is 18.1 Å². The Morgan fingerprint density at radius 2 is 1.92 bits per heavy atom. The van der Waals surface area contributed by atoms with Gasteiger partial charge in [0.1, 0.15) is 11.6 Å². The quantitative estimate of drug-likeness (QED) is 0.744. The van der Waals surface area contributed by atoms with Crippen LogP contribution in [0.3, 0.4) is 0 Å². The van der Waals surface area contributed by atoms with Gasteiger partial charge in [-0.2, -0.15) is 5.26 Å². The fourth-order valence-corrected chi connectivity index (χ4v) is 3.04. The molecule has 0 saturated heterocycles. The second-order valence-electron chi connectivity index (χ2n) is 6.10. The number of nitriles is 1. The third kappa shape index (κ3) is 3.24. The van der Waals surface area contributed by atoms with Crippen molar-refractivity contribution in [2.75, 3.05) is 17.7 Å². The zero-order valence-corrected chi connectivity index (χ0v) is 14.9. The second-order valence-corrected chi connectivity index (χ2v) is 6.10. The predicted octanol–water partition coefficient (Wildman–Crippen LogP) is 4.33. The van der Waals surface area contributed by atoms with Gasteiger partial charge in [-0.1, -0.05) is 12.1 Å². The van der Waals surface area contributed by atoms with Crippen molar-refractivity contribution in [1.82, 2.24) is 9.97 Å². The van der Waals surface area contributed by atoms with Crippen LogP contribution in [0.15, 0.2) is 36.4 Å². The number of nitrogens with zero attached hydrogens (tertiary/aromatic N) is 3. The largest absolute Gasteiger partial charge is 0.388 e. The summed E-state index contributed by atoms with van der Waals surface area (Å²) in [6.07, 6.45) is 0.